The van der Waals surface area contributed by atoms with Gasteiger partial charge in [-0.2, -0.15) is 0 Å². The lowest BCUT2D eigenvalue weighted by Gasteiger charge is -2.36. The van der Waals surface area contributed by atoms with E-state index in [1.165, 1.54) is 0 Å². The first-order valence-electron chi connectivity index (χ1n) is 8.54. The molecule has 0 radical (unpaired) electrons. The van der Waals surface area contributed by atoms with Gasteiger partial charge in [0.1, 0.15) is 0 Å². The first-order valence-corrected chi connectivity index (χ1v) is 8.92. The Morgan fingerprint density at radius 1 is 1.00 bits per heavy atom. The smallest absolute Gasteiger partial charge is 0.227 e. The summed E-state index contributed by atoms with van der Waals surface area (Å²) >= 11 is 6.28. The van der Waals surface area contributed by atoms with Crippen molar-refractivity contribution < 1.29 is 4.79 Å². The summed E-state index contributed by atoms with van der Waals surface area (Å²) in [5.41, 5.74) is 3.19. The Bertz CT molecular complexity index is 897. The molecule has 2 heterocycles. The molecule has 4 rings (SSSR count). The minimum atomic E-state index is 0.184. The van der Waals surface area contributed by atoms with E-state index >= 15 is 0 Å². The molecule has 5 heteroatoms. The maximum atomic E-state index is 12.7. The molecule has 3 aromatic rings. The van der Waals surface area contributed by atoms with Crippen LogP contribution in [-0.2, 0) is 11.2 Å². The number of H-pyrrole nitrogens is 1. The molecule has 1 aliphatic rings. The molecule has 0 spiro atoms. The Kier molecular flexibility index (Phi) is 4.36. The Morgan fingerprint density at radius 3 is 2.52 bits per heavy atom. The van der Waals surface area contributed by atoms with Crippen molar-refractivity contribution in [2.75, 3.05) is 31.1 Å². The fourth-order valence-electron chi connectivity index (χ4n) is 3.46. The van der Waals surface area contributed by atoms with Crippen LogP contribution in [0.3, 0.4) is 0 Å². The topological polar surface area (TPSA) is 39.3 Å². The molecular formula is C20H20ClN3O. The summed E-state index contributed by atoms with van der Waals surface area (Å²) in [4.78, 5) is 20.1. The van der Waals surface area contributed by atoms with Gasteiger partial charge in [-0.05, 0) is 23.8 Å². The number of amides is 1. The van der Waals surface area contributed by atoms with Crippen LogP contribution in [0.1, 0.15) is 5.56 Å². The molecule has 0 atom stereocenters. The number of para-hydroxylation sites is 2. The van der Waals surface area contributed by atoms with Gasteiger partial charge in [-0.1, -0.05) is 41.9 Å². The number of aromatic nitrogens is 1. The lowest BCUT2D eigenvalue weighted by atomic mass is 10.1. The minimum Gasteiger partial charge on any atom is -0.367 e. The highest BCUT2D eigenvalue weighted by molar-refractivity contribution is 6.33. The molecule has 4 nitrogen and oxygen atoms in total. The maximum absolute atomic E-state index is 12.7. The molecule has 25 heavy (non-hydrogen) atoms. The van der Waals surface area contributed by atoms with Crippen LogP contribution >= 0.6 is 11.6 Å². The summed E-state index contributed by atoms with van der Waals surface area (Å²) in [5, 5.41) is 1.90. The van der Waals surface area contributed by atoms with Gasteiger partial charge >= 0.3 is 0 Å². The van der Waals surface area contributed by atoms with Crippen LogP contribution in [0.25, 0.3) is 10.9 Å². The molecule has 1 aliphatic heterocycles. The number of aromatic amines is 1. The zero-order valence-electron chi connectivity index (χ0n) is 13.9. The van der Waals surface area contributed by atoms with Gasteiger partial charge in [-0.25, -0.2) is 0 Å². The summed E-state index contributed by atoms with van der Waals surface area (Å²) in [5.74, 6) is 0.184. The predicted octanol–water partition coefficient (Wildman–Crippen LogP) is 3.71. The Balaban J connectivity index is 1.41. The van der Waals surface area contributed by atoms with Crippen LogP contribution in [0, 0.1) is 0 Å². The third-order valence-electron chi connectivity index (χ3n) is 4.84. The fraction of sp³-hybridized carbons (Fsp3) is 0.250. The number of piperazine rings is 1. The van der Waals surface area contributed by atoms with E-state index in [-0.39, 0.29) is 5.91 Å². The minimum absolute atomic E-state index is 0.184. The maximum Gasteiger partial charge on any atom is 0.227 e. The monoisotopic (exact) mass is 353 g/mol. The van der Waals surface area contributed by atoms with Gasteiger partial charge in [-0.15, -0.1) is 0 Å². The molecule has 1 fully saturated rings. The highest BCUT2D eigenvalue weighted by Crippen LogP contribution is 2.26. The summed E-state index contributed by atoms with van der Waals surface area (Å²) in [6.07, 6.45) is 2.39. The molecule has 2 aromatic carbocycles. The van der Waals surface area contributed by atoms with Crippen LogP contribution in [0.5, 0.6) is 0 Å². The van der Waals surface area contributed by atoms with E-state index in [1.807, 2.05) is 53.6 Å². The van der Waals surface area contributed by atoms with E-state index in [1.54, 1.807) is 0 Å². The highest BCUT2D eigenvalue weighted by Gasteiger charge is 2.23. The second-order valence-corrected chi connectivity index (χ2v) is 6.76. The van der Waals surface area contributed by atoms with Gasteiger partial charge in [0.25, 0.3) is 0 Å². The number of nitrogens with zero attached hydrogens (tertiary/aromatic N) is 2. The number of halogens is 1. The van der Waals surface area contributed by atoms with E-state index in [4.69, 9.17) is 11.6 Å². The first kappa shape index (κ1) is 16.0. The summed E-state index contributed by atoms with van der Waals surface area (Å²) < 4.78 is 0. The van der Waals surface area contributed by atoms with Gasteiger partial charge in [0.15, 0.2) is 0 Å². The molecule has 1 saturated heterocycles. The molecule has 128 valence electrons. The highest BCUT2D eigenvalue weighted by atomic mass is 35.5. The molecular weight excluding hydrogens is 334 g/mol. The summed E-state index contributed by atoms with van der Waals surface area (Å²) in [7, 11) is 0. The van der Waals surface area contributed by atoms with E-state index in [2.05, 4.69) is 16.0 Å². The number of nitrogens with one attached hydrogen (secondary N) is 1. The van der Waals surface area contributed by atoms with Crippen molar-refractivity contribution in [1.82, 2.24) is 9.88 Å². The van der Waals surface area contributed by atoms with Crippen molar-refractivity contribution in [3.8, 4) is 0 Å². The Labute approximate surface area is 152 Å². The van der Waals surface area contributed by atoms with Crippen molar-refractivity contribution in [3.63, 3.8) is 0 Å². The van der Waals surface area contributed by atoms with Crippen molar-refractivity contribution in [2.24, 2.45) is 0 Å². The van der Waals surface area contributed by atoms with Crippen LogP contribution in [-0.4, -0.2) is 42.0 Å². The molecule has 1 N–H and O–H groups in total. The van der Waals surface area contributed by atoms with E-state index in [9.17, 15) is 4.79 Å². The predicted molar refractivity (Wildman–Crippen MR) is 102 cm³/mol. The normalized spacial score (nSPS) is 14.9. The molecule has 1 amide bonds. The number of benzene rings is 2. The first-order chi connectivity index (χ1) is 12.2. The zero-order chi connectivity index (χ0) is 17.2. The zero-order valence-corrected chi connectivity index (χ0v) is 14.7. The third-order valence-corrected chi connectivity index (χ3v) is 5.16. The van der Waals surface area contributed by atoms with Crippen molar-refractivity contribution in [3.05, 3.63) is 65.3 Å². The van der Waals surface area contributed by atoms with Gasteiger partial charge in [-0.3, -0.25) is 4.79 Å². The molecule has 0 aliphatic carbocycles. The average molecular weight is 354 g/mol. The Morgan fingerprint density at radius 2 is 1.72 bits per heavy atom. The summed E-state index contributed by atoms with van der Waals surface area (Å²) in [6.45, 7) is 3.07. The summed E-state index contributed by atoms with van der Waals surface area (Å²) in [6, 6.07) is 16.0. The lowest BCUT2D eigenvalue weighted by Crippen LogP contribution is -2.49. The molecule has 0 bridgehead atoms. The number of hydrogen-bond acceptors (Lipinski definition) is 2. The fourth-order valence-corrected chi connectivity index (χ4v) is 3.71. The standard InChI is InChI=1S/C20H20ClN3O/c21-17-6-2-4-8-19(17)23-9-11-24(12-10-23)20(25)13-15-14-22-18-7-3-1-5-16(15)18/h1-8,14,22H,9-13H2. The number of carbonyl (C=O) groups excluding carboxylic acids is 1. The van der Waals surface area contributed by atoms with Gasteiger partial charge < -0.3 is 14.8 Å². The quantitative estimate of drug-likeness (QED) is 0.779. The van der Waals surface area contributed by atoms with Crippen LogP contribution in [0.4, 0.5) is 5.69 Å². The van der Waals surface area contributed by atoms with Gasteiger partial charge in [0, 0.05) is 43.3 Å². The van der Waals surface area contributed by atoms with Crippen molar-refractivity contribution in [1.29, 1.82) is 0 Å². The van der Waals surface area contributed by atoms with Gasteiger partial charge in [0.05, 0.1) is 17.1 Å². The van der Waals surface area contributed by atoms with E-state index in [0.29, 0.717) is 6.42 Å². The molecule has 0 saturated carbocycles. The van der Waals surface area contributed by atoms with E-state index in [0.717, 1.165) is 53.4 Å². The SMILES string of the molecule is O=C(Cc1c[nH]c2ccccc12)N1CCN(c2ccccc2Cl)CC1. The second kappa shape index (κ2) is 6.81. The van der Waals surface area contributed by atoms with Crippen LogP contribution < -0.4 is 4.90 Å². The second-order valence-electron chi connectivity index (χ2n) is 6.36. The Hall–Kier alpha value is -2.46. The number of rotatable bonds is 3. The number of anilines is 1. The lowest BCUT2D eigenvalue weighted by molar-refractivity contribution is -0.130. The largest absolute Gasteiger partial charge is 0.367 e. The number of hydrogen-bond donors (Lipinski definition) is 1. The van der Waals surface area contributed by atoms with Crippen molar-refractivity contribution >= 4 is 34.1 Å². The van der Waals surface area contributed by atoms with Crippen molar-refractivity contribution in [2.45, 2.75) is 6.42 Å². The van der Waals surface area contributed by atoms with E-state index < -0.39 is 0 Å². The third kappa shape index (κ3) is 3.22. The molecule has 1 aromatic heterocycles. The number of carbonyl (C=O) groups is 1. The molecule has 0 unspecified atom stereocenters. The van der Waals surface area contributed by atoms with Crippen LogP contribution in [0.2, 0.25) is 5.02 Å². The van der Waals surface area contributed by atoms with Gasteiger partial charge in [0.2, 0.25) is 5.91 Å². The average Bonchev–Trinajstić information content (AvgIpc) is 3.05. The van der Waals surface area contributed by atoms with Crippen LogP contribution in [0.15, 0.2) is 54.7 Å². The number of fused-ring (bicyclic) bond motifs is 1.